The Hall–Kier alpha value is -1.94. The van der Waals surface area contributed by atoms with Crippen molar-refractivity contribution in [2.75, 3.05) is 18.2 Å². The summed E-state index contributed by atoms with van der Waals surface area (Å²) >= 11 is 1.68. The Morgan fingerprint density at radius 2 is 1.88 bits per heavy atom. The van der Waals surface area contributed by atoms with E-state index in [1.807, 2.05) is 45.0 Å². The molecule has 1 N–H and O–H groups in total. The van der Waals surface area contributed by atoms with Crippen LogP contribution in [0.2, 0.25) is 0 Å². The minimum atomic E-state index is -0.0804. The lowest BCUT2D eigenvalue weighted by molar-refractivity contribution is -0.115. The SMILES string of the molecule is COc1ccc(CCSC(C)C(=O)Nc2cc(C)ccc2C)cc1. The summed E-state index contributed by atoms with van der Waals surface area (Å²) in [6.45, 7) is 6.00. The lowest BCUT2D eigenvalue weighted by Crippen LogP contribution is -2.23. The number of methoxy groups -OCH3 is 1. The van der Waals surface area contributed by atoms with Crippen molar-refractivity contribution in [3.8, 4) is 5.75 Å². The first-order chi connectivity index (χ1) is 11.5. The smallest absolute Gasteiger partial charge is 0.237 e. The second kappa shape index (κ2) is 8.78. The molecule has 2 rings (SSSR count). The molecule has 1 atom stereocenters. The molecule has 2 aromatic carbocycles. The molecule has 0 saturated heterocycles. The molecule has 0 heterocycles. The maximum Gasteiger partial charge on any atom is 0.237 e. The predicted molar refractivity (Wildman–Crippen MR) is 103 cm³/mol. The molecule has 0 saturated carbocycles. The Morgan fingerprint density at radius 1 is 1.17 bits per heavy atom. The highest BCUT2D eigenvalue weighted by Gasteiger charge is 2.14. The van der Waals surface area contributed by atoms with Crippen LogP contribution in [0.15, 0.2) is 42.5 Å². The van der Waals surface area contributed by atoms with E-state index >= 15 is 0 Å². The lowest BCUT2D eigenvalue weighted by Gasteiger charge is -2.14. The van der Waals surface area contributed by atoms with Crippen molar-refractivity contribution >= 4 is 23.4 Å². The Bertz CT molecular complexity index is 683. The van der Waals surface area contributed by atoms with Crippen molar-refractivity contribution in [2.24, 2.45) is 0 Å². The van der Waals surface area contributed by atoms with E-state index in [4.69, 9.17) is 4.74 Å². The molecule has 128 valence electrons. The summed E-state index contributed by atoms with van der Waals surface area (Å²) in [6, 6.07) is 14.2. The van der Waals surface area contributed by atoms with Gasteiger partial charge < -0.3 is 10.1 Å². The van der Waals surface area contributed by atoms with Gasteiger partial charge in [-0.2, -0.15) is 0 Å². The first-order valence-electron chi connectivity index (χ1n) is 8.12. The van der Waals surface area contributed by atoms with Crippen LogP contribution >= 0.6 is 11.8 Å². The Morgan fingerprint density at radius 3 is 2.54 bits per heavy atom. The van der Waals surface area contributed by atoms with Crippen molar-refractivity contribution in [3.05, 3.63) is 59.2 Å². The number of nitrogens with one attached hydrogen (secondary N) is 1. The zero-order valence-corrected chi connectivity index (χ0v) is 15.6. The van der Waals surface area contributed by atoms with Crippen molar-refractivity contribution < 1.29 is 9.53 Å². The highest BCUT2D eigenvalue weighted by molar-refractivity contribution is 8.00. The van der Waals surface area contributed by atoms with Crippen molar-refractivity contribution in [1.29, 1.82) is 0 Å². The minimum absolute atomic E-state index is 0.0587. The fraction of sp³-hybridized carbons (Fsp3) is 0.350. The van der Waals surface area contributed by atoms with Crippen molar-refractivity contribution in [3.63, 3.8) is 0 Å². The molecule has 1 unspecified atom stereocenters. The lowest BCUT2D eigenvalue weighted by atomic mass is 10.1. The molecule has 0 aliphatic rings. The van der Waals surface area contributed by atoms with Gasteiger partial charge in [-0.25, -0.2) is 0 Å². The number of hydrogen-bond acceptors (Lipinski definition) is 3. The number of amides is 1. The maximum absolute atomic E-state index is 12.4. The van der Waals surface area contributed by atoms with Crippen LogP contribution in [0.3, 0.4) is 0 Å². The summed E-state index contributed by atoms with van der Waals surface area (Å²) < 4.78 is 5.16. The fourth-order valence-corrected chi connectivity index (χ4v) is 3.24. The number of rotatable bonds is 7. The van der Waals surface area contributed by atoms with Crippen LogP contribution in [0.4, 0.5) is 5.69 Å². The van der Waals surface area contributed by atoms with Gasteiger partial charge in [-0.1, -0.05) is 24.3 Å². The zero-order valence-electron chi connectivity index (χ0n) is 14.8. The predicted octanol–water partition coefficient (Wildman–Crippen LogP) is 4.61. The van der Waals surface area contributed by atoms with Crippen LogP contribution in [-0.4, -0.2) is 24.0 Å². The summed E-state index contributed by atoms with van der Waals surface area (Å²) in [5.41, 5.74) is 4.40. The zero-order chi connectivity index (χ0) is 17.5. The van der Waals surface area contributed by atoms with Gasteiger partial charge in [-0.05, 0) is 67.8 Å². The number of anilines is 1. The van der Waals surface area contributed by atoms with Crippen LogP contribution in [-0.2, 0) is 11.2 Å². The first kappa shape index (κ1) is 18.4. The van der Waals surface area contributed by atoms with Crippen LogP contribution in [0, 0.1) is 13.8 Å². The van der Waals surface area contributed by atoms with Gasteiger partial charge in [0.15, 0.2) is 0 Å². The Kier molecular flexibility index (Phi) is 6.73. The molecule has 0 spiro atoms. The summed E-state index contributed by atoms with van der Waals surface area (Å²) in [5, 5.41) is 2.96. The van der Waals surface area contributed by atoms with Gasteiger partial charge in [0.25, 0.3) is 0 Å². The topological polar surface area (TPSA) is 38.3 Å². The van der Waals surface area contributed by atoms with Crippen LogP contribution in [0.1, 0.15) is 23.6 Å². The van der Waals surface area contributed by atoms with E-state index in [1.165, 1.54) is 5.56 Å². The van der Waals surface area contributed by atoms with E-state index < -0.39 is 0 Å². The molecule has 0 aromatic heterocycles. The number of aryl methyl sites for hydroxylation is 3. The standard InChI is InChI=1S/C20H25NO2S/c1-14-5-6-15(2)19(13-14)21-20(22)16(3)24-12-11-17-7-9-18(23-4)10-8-17/h5-10,13,16H,11-12H2,1-4H3,(H,21,22). The van der Waals surface area contributed by atoms with E-state index in [0.717, 1.165) is 34.7 Å². The Labute approximate surface area is 148 Å². The van der Waals surface area contributed by atoms with E-state index in [0.29, 0.717) is 0 Å². The molecule has 3 nitrogen and oxygen atoms in total. The number of benzene rings is 2. The van der Waals surface area contributed by atoms with Gasteiger partial charge in [0.2, 0.25) is 5.91 Å². The normalized spacial score (nSPS) is 11.8. The molecule has 24 heavy (non-hydrogen) atoms. The molecule has 0 aliphatic carbocycles. The molecule has 1 amide bonds. The van der Waals surface area contributed by atoms with Gasteiger partial charge in [0.1, 0.15) is 5.75 Å². The summed E-state index contributed by atoms with van der Waals surface area (Å²) in [5.74, 6) is 1.84. The molecular formula is C20H25NO2S. The second-order valence-corrected chi connectivity index (χ2v) is 7.37. The average Bonchev–Trinajstić information content (AvgIpc) is 2.58. The summed E-state index contributed by atoms with van der Waals surface area (Å²) in [6.07, 6.45) is 0.940. The van der Waals surface area contributed by atoms with Gasteiger partial charge in [0.05, 0.1) is 12.4 Å². The largest absolute Gasteiger partial charge is 0.497 e. The third-order valence-electron chi connectivity index (χ3n) is 3.94. The average molecular weight is 343 g/mol. The number of hydrogen-bond donors (Lipinski definition) is 1. The van der Waals surface area contributed by atoms with Gasteiger partial charge >= 0.3 is 0 Å². The number of ether oxygens (including phenoxy) is 1. The van der Waals surface area contributed by atoms with Crippen molar-refractivity contribution in [2.45, 2.75) is 32.4 Å². The third-order valence-corrected chi connectivity index (χ3v) is 5.09. The second-order valence-electron chi connectivity index (χ2n) is 5.92. The molecule has 0 fully saturated rings. The van der Waals surface area contributed by atoms with Crippen molar-refractivity contribution in [1.82, 2.24) is 0 Å². The van der Waals surface area contributed by atoms with E-state index in [2.05, 4.69) is 23.5 Å². The quantitative estimate of drug-likeness (QED) is 0.797. The fourth-order valence-electron chi connectivity index (χ4n) is 2.33. The van der Waals surface area contributed by atoms with Gasteiger partial charge in [-0.15, -0.1) is 11.8 Å². The minimum Gasteiger partial charge on any atom is -0.497 e. The monoisotopic (exact) mass is 343 g/mol. The number of thioether (sulfide) groups is 1. The summed E-state index contributed by atoms with van der Waals surface area (Å²) in [7, 11) is 1.67. The van der Waals surface area contributed by atoms with E-state index in [9.17, 15) is 4.79 Å². The molecular weight excluding hydrogens is 318 g/mol. The van der Waals surface area contributed by atoms with Crippen LogP contribution < -0.4 is 10.1 Å². The first-order valence-corrected chi connectivity index (χ1v) is 9.17. The summed E-state index contributed by atoms with van der Waals surface area (Å²) in [4.78, 5) is 12.4. The number of carbonyl (C=O) groups excluding carboxylic acids is 1. The molecule has 2 aromatic rings. The van der Waals surface area contributed by atoms with Gasteiger partial charge in [0, 0.05) is 5.69 Å². The Balaban J connectivity index is 1.81. The molecule has 0 bridgehead atoms. The van der Waals surface area contributed by atoms with E-state index in [-0.39, 0.29) is 11.2 Å². The highest BCUT2D eigenvalue weighted by Crippen LogP contribution is 2.20. The molecule has 0 aliphatic heterocycles. The van der Waals surface area contributed by atoms with Crippen LogP contribution in [0.5, 0.6) is 5.75 Å². The molecule has 4 heteroatoms. The van der Waals surface area contributed by atoms with Gasteiger partial charge in [-0.3, -0.25) is 4.79 Å². The third kappa shape index (κ3) is 5.31. The number of carbonyl (C=O) groups is 1. The highest BCUT2D eigenvalue weighted by atomic mass is 32.2. The van der Waals surface area contributed by atoms with E-state index in [1.54, 1.807) is 18.9 Å². The molecule has 0 radical (unpaired) electrons. The van der Waals surface area contributed by atoms with Crippen LogP contribution in [0.25, 0.3) is 0 Å². The maximum atomic E-state index is 12.4.